The number of hydrogen-bond donors (Lipinski definition) is 1. The van der Waals surface area contributed by atoms with Gasteiger partial charge in [-0.2, -0.15) is 5.10 Å². The second-order valence-electron chi connectivity index (χ2n) is 4.43. The molecule has 0 saturated carbocycles. The number of carboxylic acids is 1. The number of likely N-dealkylation sites (N-methyl/N-ethyl adjacent to an activating group) is 1. The number of carbonyl (C=O) groups is 1. The summed E-state index contributed by atoms with van der Waals surface area (Å²) in [6.07, 6.45) is 2.43. The first kappa shape index (κ1) is 11.8. The average Bonchev–Trinajstić information content (AvgIpc) is 2.78. The summed E-state index contributed by atoms with van der Waals surface area (Å²) in [6, 6.07) is 1.94. The Bertz CT molecular complexity index is 422. The number of rotatable bonds is 3. The van der Waals surface area contributed by atoms with Gasteiger partial charge in [-0.05, 0) is 26.6 Å². The molecule has 1 saturated heterocycles. The zero-order valence-electron chi connectivity index (χ0n) is 10.00. The zero-order chi connectivity index (χ0) is 12.4. The van der Waals surface area contributed by atoms with Crippen molar-refractivity contribution < 1.29 is 9.90 Å². The molecule has 0 bridgehead atoms. The van der Waals surface area contributed by atoms with Crippen LogP contribution in [0.15, 0.2) is 12.3 Å². The monoisotopic (exact) mass is 236 g/mol. The molecule has 6 heteroatoms. The van der Waals surface area contributed by atoms with E-state index in [-0.39, 0.29) is 5.56 Å². The van der Waals surface area contributed by atoms with Crippen molar-refractivity contribution in [3.8, 4) is 0 Å². The highest BCUT2D eigenvalue weighted by Gasteiger charge is 2.27. The minimum atomic E-state index is -0.955. The van der Waals surface area contributed by atoms with Gasteiger partial charge in [0.05, 0.1) is 6.20 Å². The Morgan fingerprint density at radius 2 is 2.35 bits per heavy atom. The van der Waals surface area contributed by atoms with Crippen molar-refractivity contribution in [3.05, 3.63) is 17.8 Å². The van der Waals surface area contributed by atoms with Crippen LogP contribution in [0.4, 0.5) is 5.82 Å². The van der Waals surface area contributed by atoms with Crippen LogP contribution in [-0.2, 0) is 0 Å². The normalized spacial score (nSPS) is 19.9. The molecule has 1 N–H and O–H groups in total. The van der Waals surface area contributed by atoms with Gasteiger partial charge in [0.25, 0.3) is 0 Å². The molecule has 0 amide bonds. The lowest BCUT2D eigenvalue weighted by molar-refractivity contribution is 0.0697. The Morgan fingerprint density at radius 1 is 1.59 bits per heavy atom. The Balaban J connectivity index is 2.21. The summed E-state index contributed by atoms with van der Waals surface area (Å²) in [5.74, 6) is -0.479. The van der Waals surface area contributed by atoms with Crippen molar-refractivity contribution in [1.29, 1.82) is 0 Å². The van der Waals surface area contributed by atoms with E-state index in [1.807, 2.05) is 19.0 Å². The van der Waals surface area contributed by atoms with Crippen LogP contribution in [0.25, 0.3) is 0 Å². The van der Waals surface area contributed by atoms with E-state index in [2.05, 4.69) is 15.1 Å². The first-order valence-electron chi connectivity index (χ1n) is 5.56. The minimum Gasteiger partial charge on any atom is -0.478 e. The molecule has 17 heavy (non-hydrogen) atoms. The summed E-state index contributed by atoms with van der Waals surface area (Å²) >= 11 is 0. The Morgan fingerprint density at radius 3 is 2.94 bits per heavy atom. The second-order valence-corrected chi connectivity index (χ2v) is 4.43. The van der Waals surface area contributed by atoms with Gasteiger partial charge in [-0.25, -0.2) is 4.79 Å². The summed E-state index contributed by atoms with van der Waals surface area (Å²) in [4.78, 5) is 15.2. The first-order chi connectivity index (χ1) is 8.09. The lowest BCUT2D eigenvalue weighted by Crippen LogP contribution is -2.32. The van der Waals surface area contributed by atoms with E-state index in [1.165, 1.54) is 12.3 Å². The molecule has 0 spiro atoms. The Kier molecular flexibility index (Phi) is 3.23. The molecular formula is C11H16N4O2. The highest BCUT2D eigenvalue weighted by molar-refractivity contribution is 5.93. The van der Waals surface area contributed by atoms with Gasteiger partial charge in [0.1, 0.15) is 5.56 Å². The molecule has 1 atom stereocenters. The third kappa shape index (κ3) is 2.36. The fraction of sp³-hybridized carbons (Fsp3) is 0.545. The first-order valence-corrected chi connectivity index (χ1v) is 5.56. The number of nitrogens with zero attached hydrogens (tertiary/aromatic N) is 4. The van der Waals surface area contributed by atoms with Crippen LogP contribution in [0.2, 0.25) is 0 Å². The second kappa shape index (κ2) is 4.67. The Labute approximate surface area is 99.9 Å². The molecule has 1 fully saturated rings. The van der Waals surface area contributed by atoms with Gasteiger partial charge in [0, 0.05) is 19.1 Å². The molecule has 1 aliphatic rings. The van der Waals surface area contributed by atoms with E-state index >= 15 is 0 Å². The van der Waals surface area contributed by atoms with Gasteiger partial charge in [0.15, 0.2) is 5.82 Å². The van der Waals surface area contributed by atoms with Gasteiger partial charge in [-0.1, -0.05) is 0 Å². The molecule has 1 aromatic rings. The average molecular weight is 236 g/mol. The highest BCUT2D eigenvalue weighted by atomic mass is 16.4. The SMILES string of the molecule is CN(C)C1CCN(c2nnccc2C(=O)O)C1. The Hall–Kier alpha value is -1.69. The van der Waals surface area contributed by atoms with Crippen LogP contribution in [-0.4, -0.2) is 59.4 Å². The quantitative estimate of drug-likeness (QED) is 0.814. The van der Waals surface area contributed by atoms with Crippen molar-refractivity contribution in [2.75, 3.05) is 32.1 Å². The molecule has 6 nitrogen and oxygen atoms in total. The van der Waals surface area contributed by atoms with Gasteiger partial charge >= 0.3 is 5.97 Å². The largest absolute Gasteiger partial charge is 0.478 e. The molecular weight excluding hydrogens is 220 g/mol. The van der Waals surface area contributed by atoms with E-state index in [9.17, 15) is 4.79 Å². The molecule has 0 radical (unpaired) electrons. The van der Waals surface area contributed by atoms with Gasteiger partial charge in [-0.15, -0.1) is 5.10 Å². The summed E-state index contributed by atoms with van der Waals surface area (Å²) in [7, 11) is 4.06. The number of carboxylic acid groups (broad SMARTS) is 1. The molecule has 1 aliphatic heterocycles. The van der Waals surface area contributed by atoms with Crippen LogP contribution in [0.1, 0.15) is 16.8 Å². The summed E-state index contributed by atoms with van der Waals surface area (Å²) < 4.78 is 0. The van der Waals surface area contributed by atoms with E-state index < -0.39 is 5.97 Å². The van der Waals surface area contributed by atoms with Gasteiger partial charge in [-0.3, -0.25) is 0 Å². The van der Waals surface area contributed by atoms with Gasteiger partial charge < -0.3 is 14.9 Å². The molecule has 2 rings (SSSR count). The molecule has 2 heterocycles. The fourth-order valence-corrected chi connectivity index (χ4v) is 2.08. The third-order valence-corrected chi connectivity index (χ3v) is 3.12. The molecule has 0 aromatic carbocycles. The lowest BCUT2D eigenvalue weighted by atomic mass is 10.2. The van der Waals surface area contributed by atoms with Crippen molar-refractivity contribution in [2.45, 2.75) is 12.5 Å². The van der Waals surface area contributed by atoms with E-state index in [4.69, 9.17) is 5.11 Å². The van der Waals surface area contributed by atoms with Crippen LogP contribution in [0.5, 0.6) is 0 Å². The minimum absolute atomic E-state index is 0.222. The summed E-state index contributed by atoms with van der Waals surface area (Å²) in [6.45, 7) is 1.62. The maximum atomic E-state index is 11.1. The fourth-order valence-electron chi connectivity index (χ4n) is 2.08. The number of aromatic nitrogens is 2. The summed E-state index contributed by atoms with van der Waals surface area (Å²) in [5.41, 5.74) is 0.222. The van der Waals surface area contributed by atoms with Gasteiger partial charge in [0.2, 0.25) is 0 Å². The number of aromatic carboxylic acids is 1. The highest BCUT2D eigenvalue weighted by Crippen LogP contribution is 2.22. The number of anilines is 1. The molecule has 1 aromatic heterocycles. The van der Waals surface area contributed by atoms with E-state index in [0.29, 0.717) is 11.9 Å². The zero-order valence-corrected chi connectivity index (χ0v) is 10.00. The van der Waals surface area contributed by atoms with Crippen molar-refractivity contribution in [2.24, 2.45) is 0 Å². The number of hydrogen-bond acceptors (Lipinski definition) is 5. The maximum absolute atomic E-state index is 11.1. The van der Waals surface area contributed by atoms with Crippen molar-refractivity contribution in [1.82, 2.24) is 15.1 Å². The van der Waals surface area contributed by atoms with E-state index in [1.54, 1.807) is 0 Å². The predicted molar refractivity (Wildman–Crippen MR) is 63.3 cm³/mol. The summed E-state index contributed by atoms with van der Waals surface area (Å²) in [5, 5.41) is 16.8. The third-order valence-electron chi connectivity index (χ3n) is 3.12. The van der Waals surface area contributed by atoms with Crippen LogP contribution in [0.3, 0.4) is 0 Å². The van der Waals surface area contributed by atoms with E-state index in [0.717, 1.165) is 19.5 Å². The van der Waals surface area contributed by atoms with Crippen molar-refractivity contribution >= 4 is 11.8 Å². The topological polar surface area (TPSA) is 69.6 Å². The lowest BCUT2D eigenvalue weighted by Gasteiger charge is -2.21. The predicted octanol–water partition coefficient (Wildman–Crippen LogP) is 0.315. The smallest absolute Gasteiger partial charge is 0.339 e. The molecule has 92 valence electrons. The van der Waals surface area contributed by atoms with Crippen LogP contribution >= 0.6 is 0 Å². The van der Waals surface area contributed by atoms with Crippen molar-refractivity contribution in [3.63, 3.8) is 0 Å². The standard InChI is InChI=1S/C11H16N4O2/c1-14(2)8-4-6-15(7-8)10-9(11(16)17)3-5-12-13-10/h3,5,8H,4,6-7H2,1-2H3,(H,16,17). The molecule has 0 aliphatic carbocycles. The van der Waals surface area contributed by atoms with Crippen LogP contribution < -0.4 is 4.90 Å². The maximum Gasteiger partial charge on any atom is 0.339 e. The van der Waals surface area contributed by atoms with Crippen LogP contribution in [0, 0.1) is 0 Å². The molecule has 1 unspecified atom stereocenters.